The fourth-order valence-electron chi connectivity index (χ4n) is 6.43. The SMILES string of the molecule is CC(C)(C)OC(=O)NC1CCC(n2cc(-c3cccc(OC[C@]45CC[C@@H](CC4)O5)c3)c3c(N)ncnc32)CC1. The Morgan fingerprint density at radius 3 is 2.62 bits per heavy atom. The summed E-state index contributed by atoms with van der Waals surface area (Å²) in [4.78, 5) is 21.2. The molecule has 39 heavy (non-hydrogen) atoms. The lowest BCUT2D eigenvalue weighted by atomic mass is 9.89. The van der Waals surface area contributed by atoms with Crippen LogP contribution < -0.4 is 15.8 Å². The number of nitrogen functional groups attached to an aromatic ring is 1. The van der Waals surface area contributed by atoms with E-state index in [1.54, 1.807) is 0 Å². The van der Waals surface area contributed by atoms with Gasteiger partial charge in [0.25, 0.3) is 0 Å². The van der Waals surface area contributed by atoms with Gasteiger partial charge < -0.3 is 29.8 Å². The van der Waals surface area contributed by atoms with Gasteiger partial charge in [-0.15, -0.1) is 0 Å². The Morgan fingerprint density at radius 2 is 1.92 bits per heavy atom. The van der Waals surface area contributed by atoms with Crippen LogP contribution in [0.25, 0.3) is 22.2 Å². The number of carbonyl (C=O) groups excluding carboxylic acids is 1. The van der Waals surface area contributed by atoms with Crippen LogP contribution in [-0.4, -0.2) is 50.6 Å². The molecule has 0 radical (unpaired) electrons. The van der Waals surface area contributed by atoms with E-state index in [0.29, 0.717) is 18.5 Å². The molecule has 4 heterocycles. The quantitative estimate of drug-likeness (QED) is 0.413. The van der Waals surface area contributed by atoms with Crippen LogP contribution in [0.5, 0.6) is 5.75 Å². The molecular weight excluding hydrogens is 494 g/mol. The maximum Gasteiger partial charge on any atom is 0.407 e. The first-order valence-electron chi connectivity index (χ1n) is 14.2. The fraction of sp³-hybridized carbons (Fsp3) is 0.567. The standard InChI is InChI=1S/C30H39N5O4/c1-29(2,3)39-28(36)34-20-7-9-21(10-8-20)35-16-24(25-26(31)32-18-33-27(25)35)19-5-4-6-23(15-19)37-17-30-13-11-22(38-30)12-14-30/h4-6,15-16,18,20-22H,7-14,17H2,1-3H3,(H,34,36)(H2,31,32,33)/t20?,21?,22-,30-. The highest BCUT2D eigenvalue weighted by Gasteiger charge is 2.46. The average molecular weight is 534 g/mol. The normalized spacial score (nSPS) is 26.6. The van der Waals surface area contributed by atoms with Crippen molar-refractivity contribution in [3.63, 3.8) is 0 Å². The summed E-state index contributed by atoms with van der Waals surface area (Å²) in [5, 5.41) is 3.89. The monoisotopic (exact) mass is 533 g/mol. The highest BCUT2D eigenvalue weighted by molar-refractivity contribution is 6.00. The van der Waals surface area contributed by atoms with E-state index >= 15 is 0 Å². The van der Waals surface area contributed by atoms with Crippen molar-refractivity contribution in [3.8, 4) is 16.9 Å². The Hall–Kier alpha value is -3.33. The number of hydrogen-bond donors (Lipinski definition) is 2. The number of anilines is 1. The van der Waals surface area contributed by atoms with Crippen molar-refractivity contribution < 1.29 is 19.0 Å². The number of benzene rings is 1. The lowest BCUT2D eigenvalue weighted by Gasteiger charge is -2.31. The first kappa shape index (κ1) is 25.9. The number of nitrogens with two attached hydrogens (primary N) is 1. The van der Waals surface area contributed by atoms with E-state index in [1.807, 2.05) is 32.9 Å². The van der Waals surface area contributed by atoms with Gasteiger partial charge in [0.15, 0.2) is 0 Å². The van der Waals surface area contributed by atoms with Crippen LogP contribution in [-0.2, 0) is 9.47 Å². The molecule has 2 bridgehead atoms. The van der Waals surface area contributed by atoms with Crippen molar-refractivity contribution in [1.82, 2.24) is 19.9 Å². The predicted octanol–water partition coefficient (Wildman–Crippen LogP) is 5.78. The second kappa shape index (κ2) is 10.0. The molecule has 3 aromatic rings. The van der Waals surface area contributed by atoms with Gasteiger partial charge in [0.1, 0.15) is 41.4 Å². The average Bonchev–Trinajstić information content (AvgIpc) is 3.61. The molecule has 6 rings (SSSR count). The zero-order valence-electron chi connectivity index (χ0n) is 23.1. The van der Waals surface area contributed by atoms with E-state index in [2.05, 4.69) is 38.2 Å². The number of rotatable bonds is 6. The highest BCUT2D eigenvalue weighted by atomic mass is 16.6. The second-order valence-corrected chi connectivity index (χ2v) is 12.4. The van der Waals surface area contributed by atoms with E-state index in [0.717, 1.165) is 79.3 Å². The molecule has 0 unspecified atom stereocenters. The summed E-state index contributed by atoms with van der Waals surface area (Å²) in [6.07, 6.45) is 11.8. The number of alkyl carbamates (subject to hydrolysis) is 1. The van der Waals surface area contributed by atoms with E-state index in [4.69, 9.17) is 19.9 Å². The van der Waals surface area contributed by atoms with Gasteiger partial charge in [0, 0.05) is 23.8 Å². The Labute approximate surface area is 229 Å². The smallest absolute Gasteiger partial charge is 0.407 e. The Morgan fingerprint density at radius 1 is 1.15 bits per heavy atom. The third-order valence-electron chi connectivity index (χ3n) is 8.36. The summed E-state index contributed by atoms with van der Waals surface area (Å²) in [7, 11) is 0. The summed E-state index contributed by atoms with van der Waals surface area (Å²) in [6.45, 7) is 6.21. The largest absolute Gasteiger partial charge is 0.491 e. The van der Waals surface area contributed by atoms with Crippen molar-refractivity contribution in [1.29, 1.82) is 0 Å². The van der Waals surface area contributed by atoms with Crippen LogP contribution >= 0.6 is 0 Å². The molecule has 1 saturated carbocycles. The number of nitrogens with zero attached hydrogens (tertiary/aromatic N) is 3. The minimum atomic E-state index is -0.507. The third kappa shape index (κ3) is 5.41. The molecule has 1 amide bonds. The number of nitrogens with one attached hydrogen (secondary N) is 1. The Bertz CT molecular complexity index is 1350. The predicted molar refractivity (Wildman–Crippen MR) is 150 cm³/mol. The van der Waals surface area contributed by atoms with Gasteiger partial charge in [-0.2, -0.15) is 0 Å². The minimum Gasteiger partial charge on any atom is -0.491 e. The number of fused-ring (bicyclic) bond motifs is 3. The van der Waals surface area contributed by atoms with Crippen LogP contribution in [0.2, 0.25) is 0 Å². The van der Waals surface area contributed by atoms with Gasteiger partial charge in [0.2, 0.25) is 0 Å². The van der Waals surface area contributed by atoms with E-state index in [1.165, 1.54) is 6.33 Å². The van der Waals surface area contributed by atoms with E-state index in [-0.39, 0.29) is 23.8 Å². The summed E-state index contributed by atoms with van der Waals surface area (Å²) >= 11 is 0. The molecule has 0 spiro atoms. The van der Waals surface area contributed by atoms with Gasteiger partial charge in [-0.3, -0.25) is 0 Å². The Balaban J connectivity index is 1.20. The summed E-state index contributed by atoms with van der Waals surface area (Å²) in [5.41, 5.74) is 8.64. The molecule has 3 N–H and O–H groups in total. The topological polar surface area (TPSA) is 114 Å². The van der Waals surface area contributed by atoms with Crippen LogP contribution in [0, 0.1) is 0 Å². The first-order chi connectivity index (χ1) is 18.7. The highest BCUT2D eigenvalue weighted by Crippen LogP contribution is 2.44. The van der Waals surface area contributed by atoms with Crippen LogP contribution in [0.15, 0.2) is 36.8 Å². The molecule has 2 aromatic heterocycles. The lowest BCUT2D eigenvalue weighted by Crippen LogP contribution is -2.41. The van der Waals surface area contributed by atoms with Crippen LogP contribution in [0.3, 0.4) is 0 Å². The number of amides is 1. The van der Waals surface area contributed by atoms with Crippen molar-refractivity contribution in [3.05, 3.63) is 36.8 Å². The van der Waals surface area contributed by atoms with Crippen molar-refractivity contribution >= 4 is 22.9 Å². The summed E-state index contributed by atoms with van der Waals surface area (Å²) < 4.78 is 20.2. The molecule has 3 fully saturated rings. The number of ether oxygens (including phenoxy) is 3. The number of hydrogen-bond acceptors (Lipinski definition) is 7. The molecule has 9 heteroatoms. The second-order valence-electron chi connectivity index (χ2n) is 12.4. The maximum atomic E-state index is 12.2. The fourth-order valence-corrected chi connectivity index (χ4v) is 6.43. The molecule has 208 valence electrons. The summed E-state index contributed by atoms with van der Waals surface area (Å²) in [6, 6.07) is 8.53. The van der Waals surface area contributed by atoms with Crippen molar-refractivity contribution in [2.24, 2.45) is 0 Å². The molecule has 3 aliphatic rings. The molecule has 1 aliphatic carbocycles. The van der Waals surface area contributed by atoms with Crippen molar-refractivity contribution in [2.45, 2.75) is 102 Å². The van der Waals surface area contributed by atoms with Crippen LogP contribution in [0.4, 0.5) is 10.6 Å². The molecule has 2 saturated heterocycles. The molecule has 0 atom stereocenters. The maximum absolute atomic E-state index is 12.2. The molecule has 2 aliphatic heterocycles. The van der Waals surface area contributed by atoms with Gasteiger partial charge in [0.05, 0.1) is 11.5 Å². The summed E-state index contributed by atoms with van der Waals surface area (Å²) in [5.74, 6) is 1.29. The number of carbonyl (C=O) groups is 1. The van der Waals surface area contributed by atoms with Gasteiger partial charge in [-0.1, -0.05) is 12.1 Å². The third-order valence-corrected chi connectivity index (χ3v) is 8.36. The number of aromatic nitrogens is 3. The first-order valence-corrected chi connectivity index (χ1v) is 14.2. The molecular formula is C30H39N5O4. The molecule has 9 nitrogen and oxygen atoms in total. The molecule has 1 aromatic carbocycles. The van der Waals surface area contributed by atoms with E-state index in [9.17, 15) is 4.79 Å². The van der Waals surface area contributed by atoms with Crippen molar-refractivity contribution in [2.75, 3.05) is 12.3 Å². The van der Waals surface area contributed by atoms with Crippen LogP contribution in [0.1, 0.15) is 78.2 Å². The van der Waals surface area contributed by atoms with Gasteiger partial charge in [-0.05, 0) is 89.8 Å². The van der Waals surface area contributed by atoms with Gasteiger partial charge >= 0.3 is 6.09 Å². The zero-order chi connectivity index (χ0) is 27.2. The zero-order valence-corrected chi connectivity index (χ0v) is 23.1. The van der Waals surface area contributed by atoms with Gasteiger partial charge in [-0.25, -0.2) is 14.8 Å². The lowest BCUT2D eigenvalue weighted by molar-refractivity contribution is -0.0198. The van der Waals surface area contributed by atoms with E-state index < -0.39 is 5.60 Å². The Kier molecular flexibility index (Phi) is 6.65. The minimum absolute atomic E-state index is 0.101.